The maximum absolute atomic E-state index is 13.5. The monoisotopic (exact) mass is 478 g/mol. The highest BCUT2D eigenvalue weighted by molar-refractivity contribution is 6.54. The van der Waals surface area contributed by atoms with Crippen LogP contribution >= 0.6 is 0 Å². The summed E-state index contributed by atoms with van der Waals surface area (Å²) >= 11 is 0. The largest absolute Gasteiger partial charge is 0.366 e. The van der Waals surface area contributed by atoms with Crippen LogP contribution in [0, 0.1) is 0 Å². The van der Waals surface area contributed by atoms with Gasteiger partial charge in [0.25, 0.3) is 0 Å². The van der Waals surface area contributed by atoms with Gasteiger partial charge in [-0.25, -0.2) is 4.98 Å². The fraction of sp³-hybridized carbons (Fsp3) is 0.357. The number of aromatic nitrogens is 4. The third-order valence-electron chi connectivity index (χ3n) is 7.83. The highest BCUT2D eigenvalue weighted by Gasteiger charge is 2.53. The van der Waals surface area contributed by atoms with Crippen molar-refractivity contribution in [2.45, 2.75) is 50.4 Å². The molecule has 36 heavy (non-hydrogen) atoms. The van der Waals surface area contributed by atoms with Gasteiger partial charge in [0.2, 0.25) is 5.91 Å². The quantitative estimate of drug-likeness (QED) is 0.413. The van der Waals surface area contributed by atoms with Gasteiger partial charge in [-0.2, -0.15) is 9.61 Å². The van der Waals surface area contributed by atoms with Crippen LogP contribution in [0.1, 0.15) is 48.4 Å². The van der Waals surface area contributed by atoms with Gasteiger partial charge in [0.1, 0.15) is 5.82 Å². The Labute approximate surface area is 212 Å². The van der Waals surface area contributed by atoms with Crippen molar-refractivity contribution in [2.24, 2.45) is 0 Å². The number of carbonyl (C=O) groups excluding carboxylic acids is 1. The lowest BCUT2D eigenvalue weighted by Crippen LogP contribution is -2.43. The summed E-state index contributed by atoms with van der Waals surface area (Å²) in [5.41, 5.74) is 5.15. The minimum atomic E-state index is -0.289. The average molecular weight is 478 g/mol. The Morgan fingerprint density at radius 3 is 2.61 bits per heavy atom. The molecule has 4 aromatic rings. The molecule has 0 bridgehead atoms. The van der Waals surface area contributed by atoms with Crippen LogP contribution in [-0.2, 0) is 16.8 Å². The zero-order chi connectivity index (χ0) is 24.5. The van der Waals surface area contributed by atoms with Crippen molar-refractivity contribution in [3.05, 3.63) is 83.9 Å². The number of amides is 1. The molecule has 0 spiro atoms. The molecule has 1 N–H and O–H groups in total. The number of nitrogens with zero attached hydrogens (tertiary/aromatic N) is 5. The van der Waals surface area contributed by atoms with E-state index in [2.05, 4.69) is 51.4 Å². The molecule has 2 aliphatic rings. The third-order valence-corrected chi connectivity index (χ3v) is 7.83. The van der Waals surface area contributed by atoms with Gasteiger partial charge >= 0.3 is 0 Å². The molecule has 1 aliphatic heterocycles. The average Bonchev–Trinajstić information content (AvgIpc) is 3.65. The molecule has 1 saturated heterocycles. The normalized spacial score (nSPS) is 17.2. The first-order chi connectivity index (χ1) is 17.7. The number of fused-ring (bicyclic) bond motifs is 1. The fourth-order valence-electron chi connectivity index (χ4n) is 5.50. The molecule has 6 rings (SSSR count). The standard InChI is InChI=1S/C28H31BN6O/c1-29-23-19-32-35-25(31-18-20-6-5-13-30-17-20)16-24(33-26(23)35)21-9-14-34(15-10-21)27(36)28(11-12-28)22-7-3-2-4-8-22/h2-8,13,16-17,19,21,29,31H,9-12,14-15,18H2,1H3. The smallest absolute Gasteiger partial charge is 0.233 e. The third kappa shape index (κ3) is 4.14. The van der Waals surface area contributed by atoms with Gasteiger partial charge in [-0.05, 0) is 48.3 Å². The van der Waals surface area contributed by atoms with E-state index >= 15 is 0 Å². The van der Waals surface area contributed by atoms with Crippen LogP contribution in [0.2, 0.25) is 6.82 Å². The first-order valence-electron chi connectivity index (χ1n) is 13.0. The molecule has 4 heterocycles. The number of likely N-dealkylation sites (tertiary alicyclic amines) is 1. The van der Waals surface area contributed by atoms with E-state index in [1.807, 2.05) is 41.2 Å². The Balaban J connectivity index is 1.20. The van der Waals surface area contributed by atoms with Crippen molar-refractivity contribution in [1.82, 2.24) is 24.5 Å². The van der Waals surface area contributed by atoms with E-state index < -0.39 is 0 Å². The number of hydrogen-bond donors (Lipinski definition) is 1. The van der Waals surface area contributed by atoms with E-state index in [1.54, 1.807) is 6.20 Å². The molecular formula is C28H31BN6O. The summed E-state index contributed by atoms with van der Waals surface area (Å²) in [7, 11) is 0.885. The van der Waals surface area contributed by atoms with E-state index in [0.717, 1.165) is 74.2 Å². The zero-order valence-electron chi connectivity index (χ0n) is 20.7. The number of benzene rings is 1. The summed E-state index contributed by atoms with van der Waals surface area (Å²) in [6.07, 6.45) is 9.36. The summed E-state index contributed by atoms with van der Waals surface area (Å²) in [4.78, 5) is 24.9. The molecule has 0 radical (unpaired) electrons. The van der Waals surface area contributed by atoms with Crippen molar-refractivity contribution < 1.29 is 4.79 Å². The molecule has 1 aromatic carbocycles. The second-order valence-corrected chi connectivity index (χ2v) is 10.1. The zero-order valence-corrected chi connectivity index (χ0v) is 20.7. The lowest BCUT2D eigenvalue weighted by molar-refractivity contribution is -0.135. The molecule has 7 nitrogen and oxygen atoms in total. The number of hydrogen-bond acceptors (Lipinski definition) is 5. The van der Waals surface area contributed by atoms with Gasteiger partial charge in [0.05, 0.1) is 5.41 Å². The summed E-state index contributed by atoms with van der Waals surface area (Å²) in [5, 5.41) is 8.16. The molecule has 1 aliphatic carbocycles. The van der Waals surface area contributed by atoms with Crippen LogP contribution in [0.3, 0.4) is 0 Å². The van der Waals surface area contributed by atoms with Crippen molar-refractivity contribution in [3.63, 3.8) is 0 Å². The number of rotatable bonds is 7. The maximum atomic E-state index is 13.5. The van der Waals surface area contributed by atoms with Crippen LogP contribution in [0.25, 0.3) is 5.65 Å². The minimum Gasteiger partial charge on any atom is -0.366 e. The molecule has 1 amide bonds. The van der Waals surface area contributed by atoms with E-state index in [1.165, 1.54) is 5.56 Å². The Morgan fingerprint density at radius 2 is 1.92 bits per heavy atom. The van der Waals surface area contributed by atoms with Gasteiger partial charge in [-0.15, -0.1) is 0 Å². The summed E-state index contributed by atoms with van der Waals surface area (Å²) in [6.45, 7) is 4.37. The predicted octanol–water partition coefficient (Wildman–Crippen LogP) is 3.28. The number of carbonyl (C=O) groups is 1. The van der Waals surface area contributed by atoms with Gasteiger partial charge in [-0.3, -0.25) is 9.78 Å². The second kappa shape index (κ2) is 9.41. The molecule has 3 aromatic heterocycles. The minimum absolute atomic E-state index is 0.289. The highest BCUT2D eigenvalue weighted by Crippen LogP contribution is 2.50. The first kappa shape index (κ1) is 22.8. The number of pyridine rings is 1. The van der Waals surface area contributed by atoms with Crippen LogP contribution in [-0.4, -0.2) is 50.8 Å². The number of piperidine rings is 1. The summed E-state index contributed by atoms with van der Waals surface area (Å²) in [6, 6.07) is 16.5. The van der Waals surface area contributed by atoms with Crippen molar-refractivity contribution in [1.29, 1.82) is 0 Å². The van der Waals surface area contributed by atoms with E-state index in [0.29, 0.717) is 18.4 Å². The van der Waals surface area contributed by atoms with Gasteiger partial charge in [0.15, 0.2) is 12.9 Å². The molecule has 0 atom stereocenters. The van der Waals surface area contributed by atoms with E-state index in [4.69, 9.17) is 4.98 Å². The molecular weight excluding hydrogens is 447 g/mol. The Bertz CT molecular complexity index is 1360. The fourth-order valence-corrected chi connectivity index (χ4v) is 5.50. The topological polar surface area (TPSA) is 75.4 Å². The highest BCUT2D eigenvalue weighted by atomic mass is 16.2. The van der Waals surface area contributed by atoms with Crippen LogP contribution in [0.4, 0.5) is 5.82 Å². The second-order valence-electron chi connectivity index (χ2n) is 10.1. The molecule has 8 heteroatoms. The predicted molar refractivity (Wildman–Crippen MR) is 143 cm³/mol. The van der Waals surface area contributed by atoms with Crippen LogP contribution in [0.5, 0.6) is 0 Å². The Morgan fingerprint density at radius 1 is 1.11 bits per heavy atom. The van der Waals surface area contributed by atoms with Crippen molar-refractivity contribution >= 4 is 30.1 Å². The van der Waals surface area contributed by atoms with Gasteiger partial charge in [-0.1, -0.05) is 43.2 Å². The maximum Gasteiger partial charge on any atom is 0.233 e. The molecule has 2 fully saturated rings. The lowest BCUT2D eigenvalue weighted by Gasteiger charge is -2.34. The number of anilines is 1. The summed E-state index contributed by atoms with van der Waals surface area (Å²) < 4.78 is 1.91. The van der Waals surface area contributed by atoms with Crippen LogP contribution in [0.15, 0.2) is 67.1 Å². The molecule has 0 unspecified atom stereocenters. The van der Waals surface area contributed by atoms with Gasteiger partial charge < -0.3 is 10.2 Å². The van der Waals surface area contributed by atoms with Crippen LogP contribution < -0.4 is 10.8 Å². The molecule has 1 saturated carbocycles. The Kier molecular flexibility index (Phi) is 5.95. The molecule has 182 valence electrons. The van der Waals surface area contributed by atoms with E-state index in [9.17, 15) is 4.79 Å². The first-order valence-corrected chi connectivity index (χ1v) is 13.0. The van der Waals surface area contributed by atoms with Crippen molar-refractivity contribution in [2.75, 3.05) is 18.4 Å². The number of nitrogens with one attached hydrogen (secondary N) is 1. The van der Waals surface area contributed by atoms with Gasteiger partial charge in [0, 0.05) is 55.9 Å². The lowest BCUT2D eigenvalue weighted by atomic mass is 9.75. The van der Waals surface area contributed by atoms with Crippen molar-refractivity contribution in [3.8, 4) is 0 Å². The SMILES string of the molecule is CBc1cnn2c(NCc3cccnc3)cc(C3CCN(C(=O)C4(c5ccccc5)CC4)CC3)nc12. The Hall–Kier alpha value is -3.68. The summed E-state index contributed by atoms with van der Waals surface area (Å²) in [5.74, 6) is 1.57. The van der Waals surface area contributed by atoms with E-state index in [-0.39, 0.29) is 5.41 Å².